The van der Waals surface area contributed by atoms with E-state index < -0.39 is 0 Å². The van der Waals surface area contributed by atoms with Crippen molar-refractivity contribution in [2.24, 2.45) is 0 Å². The second-order valence-corrected chi connectivity index (χ2v) is 6.21. The molecular formula is C14H15N5OS2. The summed E-state index contributed by atoms with van der Waals surface area (Å²) in [5.74, 6) is 1.58. The molecule has 0 saturated heterocycles. The van der Waals surface area contributed by atoms with Gasteiger partial charge in [0.05, 0.1) is 18.4 Å². The van der Waals surface area contributed by atoms with Crippen LogP contribution in [0.2, 0.25) is 0 Å². The second kappa shape index (κ2) is 6.89. The zero-order chi connectivity index (χ0) is 15.4. The van der Waals surface area contributed by atoms with E-state index in [2.05, 4.69) is 25.9 Å². The predicted molar refractivity (Wildman–Crippen MR) is 87.2 cm³/mol. The van der Waals surface area contributed by atoms with Gasteiger partial charge in [0.25, 0.3) is 0 Å². The van der Waals surface area contributed by atoms with Gasteiger partial charge in [0.15, 0.2) is 0 Å². The summed E-state index contributed by atoms with van der Waals surface area (Å²) in [6.45, 7) is 2.78. The van der Waals surface area contributed by atoms with Crippen LogP contribution >= 0.6 is 23.1 Å². The first-order chi connectivity index (χ1) is 10.8. The van der Waals surface area contributed by atoms with Gasteiger partial charge in [-0.15, -0.1) is 16.4 Å². The van der Waals surface area contributed by atoms with E-state index in [4.69, 9.17) is 4.74 Å². The van der Waals surface area contributed by atoms with Crippen molar-refractivity contribution in [1.82, 2.24) is 25.2 Å². The maximum Gasteiger partial charge on any atom is 0.209 e. The summed E-state index contributed by atoms with van der Waals surface area (Å²) in [6.07, 6.45) is 0. The van der Waals surface area contributed by atoms with E-state index in [1.165, 1.54) is 0 Å². The maximum absolute atomic E-state index is 5.39. The Kier molecular flexibility index (Phi) is 4.69. The van der Waals surface area contributed by atoms with Crippen LogP contribution in [-0.2, 0) is 12.3 Å². The molecule has 0 aliphatic heterocycles. The van der Waals surface area contributed by atoms with E-state index in [1.54, 1.807) is 34.9 Å². The van der Waals surface area contributed by atoms with E-state index in [0.29, 0.717) is 0 Å². The van der Waals surface area contributed by atoms with Crippen molar-refractivity contribution >= 4 is 23.1 Å². The van der Waals surface area contributed by atoms with Gasteiger partial charge in [0, 0.05) is 17.7 Å². The number of para-hydroxylation sites is 1. The molecule has 3 aromatic rings. The van der Waals surface area contributed by atoms with Crippen molar-refractivity contribution in [3.63, 3.8) is 0 Å². The van der Waals surface area contributed by atoms with Crippen molar-refractivity contribution in [3.05, 3.63) is 35.3 Å². The molecule has 2 heterocycles. The lowest BCUT2D eigenvalue weighted by Gasteiger charge is -2.04. The summed E-state index contributed by atoms with van der Waals surface area (Å²) in [7, 11) is 1.67. The Bertz CT molecular complexity index is 755. The minimum atomic E-state index is 0.742. The van der Waals surface area contributed by atoms with E-state index in [9.17, 15) is 0 Å². The van der Waals surface area contributed by atoms with Gasteiger partial charge < -0.3 is 4.74 Å². The summed E-state index contributed by atoms with van der Waals surface area (Å²) < 4.78 is 7.17. The molecule has 0 N–H and O–H groups in total. The predicted octanol–water partition coefficient (Wildman–Crippen LogP) is 3.12. The summed E-state index contributed by atoms with van der Waals surface area (Å²) in [6, 6.07) is 7.91. The first-order valence-corrected chi connectivity index (χ1v) is 8.65. The number of hydrogen-bond acceptors (Lipinski definition) is 7. The van der Waals surface area contributed by atoms with E-state index >= 15 is 0 Å². The number of hydrogen-bond donors (Lipinski definition) is 0. The van der Waals surface area contributed by atoms with Gasteiger partial charge in [-0.2, -0.15) is 0 Å². The monoisotopic (exact) mass is 333 g/mol. The standard InChI is InChI=1S/C14H15N5OS2/c1-3-19-14(16-17-18-19)22-9-10-8-21-13(15-10)11-6-4-5-7-12(11)20-2/h4-8H,3,9H2,1-2H3. The van der Waals surface area contributed by atoms with Crippen LogP contribution in [0, 0.1) is 0 Å². The highest BCUT2D eigenvalue weighted by molar-refractivity contribution is 7.98. The summed E-state index contributed by atoms with van der Waals surface area (Å²) in [4.78, 5) is 4.68. The first kappa shape index (κ1) is 15.0. The quantitative estimate of drug-likeness (QED) is 0.646. The molecule has 0 saturated carbocycles. The Hall–Kier alpha value is -1.93. The van der Waals surface area contributed by atoms with Gasteiger partial charge in [-0.1, -0.05) is 23.9 Å². The molecule has 8 heteroatoms. The van der Waals surface area contributed by atoms with Crippen molar-refractivity contribution < 1.29 is 4.74 Å². The molecule has 0 unspecified atom stereocenters. The fraction of sp³-hybridized carbons (Fsp3) is 0.286. The minimum Gasteiger partial charge on any atom is -0.496 e. The summed E-state index contributed by atoms with van der Waals surface area (Å²) in [5.41, 5.74) is 2.03. The Morgan fingerprint density at radius 1 is 1.32 bits per heavy atom. The number of rotatable bonds is 6. The average Bonchev–Trinajstić information content (AvgIpc) is 3.21. The largest absolute Gasteiger partial charge is 0.496 e. The van der Waals surface area contributed by atoms with Crippen LogP contribution in [0.15, 0.2) is 34.8 Å². The Morgan fingerprint density at radius 2 is 2.18 bits per heavy atom. The molecule has 0 aliphatic carbocycles. The molecule has 0 atom stereocenters. The van der Waals surface area contributed by atoms with Gasteiger partial charge >= 0.3 is 0 Å². The van der Waals surface area contributed by atoms with Gasteiger partial charge in [0.1, 0.15) is 10.8 Å². The van der Waals surface area contributed by atoms with Gasteiger partial charge in [-0.3, -0.25) is 0 Å². The van der Waals surface area contributed by atoms with E-state index in [1.807, 2.05) is 31.2 Å². The number of ether oxygens (including phenoxy) is 1. The molecule has 0 radical (unpaired) electrons. The highest BCUT2D eigenvalue weighted by Gasteiger charge is 2.11. The molecule has 22 heavy (non-hydrogen) atoms. The van der Waals surface area contributed by atoms with Crippen LogP contribution in [-0.4, -0.2) is 32.3 Å². The second-order valence-electron chi connectivity index (χ2n) is 4.41. The molecule has 0 bridgehead atoms. The average molecular weight is 333 g/mol. The van der Waals surface area contributed by atoms with Gasteiger partial charge in [-0.25, -0.2) is 9.67 Å². The first-order valence-electron chi connectivity index (χ1n) is 6.78. The highest BCUT2D eigenvalue weighted by Crippen LogP contribution is 2.33. The zero-order valence-electron chi connectivity index (χ0n) is 12.3. The third-order valence-corrected chi connectivity index (χ3v) is 4.95. The zero-order valence-corrected chi connectivity index (χ0v) is 13.9. The number of thiazole rings is 1. The van der Waals surface area contributed by atoms with Crippen LogP contribution in [0.25, 0.3) is 10.6 Å². The number of tetrazole rings is 1. The molecule has 0 amide bonds. The summed E-state index contributed by atoms with van der Waals surface area (Å²) in [5, 5.41) is 15.5. The van der Waals surface area contributed by atoms with E-state index in [0.717, 1.165) is 39.5 Å². The molecule has 1 aromatic carbocycles. The van der Waals surface area contributed by atoms with Gasteiger partial charge in [0.2, 0.25) is 5.16 Å². The third kappa shape index (κ3) is 3.12. The molecule has 0 fully saturated rings. The van der Waals surface area contributed by atoms with Crippen LogP contribution in [0.1, 0.15) is 12.6 Å². The molecule has 0 spiro atoms. The minimum absolute atomic E-state index is 0.742. The van der Waals surface area contributed by atoms with Crippen LogP contribution < -0.4 is 4.74 Å². The fourth-order valence-electron chi connectivity index (χ4n) is 1.96. The molecule has 2 aromatic heterocycles. The molecule has 0 aliphatic rings. The smallest absolute Gasteiger partial charge is 0.209 e. The molecule has 3 rings (SSSR count). The van der Waals surface area contributed by atoms with E-state index in [-0.39, 0.29) is 0 Å². The van der Waals surface area contributed by atoms with Crippen molar-refractivity contribution in [1.29, 1.82) is 0 Å². The topological polar surface area (TPSA) is 65.7 Å². The SMILES string of the molecule is CCn1nnnc1SCc1csc(-c2ccccc2OC)n1. The molecule has 114 valence electrons. The molecule has 6 nitrogen and oxygen atoms in total. The number of thioether (sulfide) groups is 1. The number of aromatic nitrogens is 5. The lowest BCUT2D eigenvalue weighted by molar-refractivity contribution is 0.416. The maximum atomic E-state index is 5.39. The lowest BCUT2D eigenvalue weighted by atomic mass is 10.2. The number of nitrogens with zero attached hydrogens (tertiary/aromatic N) is 5. The summed E-state index contributed by atoms with van der Waals surface area (Å²) >= 11 is 3.21. The Labute approximate surface area is 136 Å². The molecular weight excluding hydrogens is 318 g/mol. The van der Waals surface area contributed by atoms with Crippen molar-refractivity contribution in [2.45, 2.75) is 24.4 Å². The van der Waals surface area contributed by atoms with Crippen molar-refractivity contribution in [2.75, 3.05) is 7.11 Å². The highest BCUT2D eigenvalue weighted by atomic mass is 32.2. The fourth-order valence-corrected chi connectivity index (χ4v) is 3.74. The Balaban J connectivity index is 1.74. The lowest BCUT2D eigenvalue weighted by Crippen LogP contribution is -1.98. The van der Waals surface area contributed by atoms with Crippen LogP contribution in [0.4, 0.5) is 0 Å². The Morgan fingerprint density at radius 3 is 3.00 bits per heavy atom. The van der Waals surface area contributed by atoms with Crippen LogP contribution in [0.3, 0.4) is 0 Å². The van der Waals surface area contributed by atoms with Crippen LogP contribution in [0.5, 0.6) is 5.75 Å². The number of methoxy groups -OCH3 is 1. The van der Waals surface area contributed by atoms with Crippen molar-refractivity contribution in [3.8, 4) is 16.3 Å². The number of aryl methyl sites for hydroxylation is 1. The van der Waals surface area contributed by atoms with Gasteiger partial charge in [-0.05, 0) is 29.5 Å². The number of benzene rings is 1. The third-order valence-electron chi connectivity index (χ3n) is 3.04. The normalized spacial score (nSPS) is 10.8.